The summed E-state index contributed by atoms with van der Waals surface area (Å²) < 4.78 is 6.14. The lowest BCUT2D eigenvalue weighted by Gasteiger charge is -2.32. The molecule has 0 saturated carbocycles. The van der Waals surface area contributed by atoms with Gasteiger partial charge in [-0.2, -0.15) is 0 Å². The molecule has 1 heterocycles. The van der Waals surface area contributed by atoms with Gasteiger partial charge in [0.25, 0.3) is 0 Å². The van der Waals surface area contributed by atoms with E-state index in [4.69, 9.17) is 4.74 Å². The SMILES string of the molecule is Cc1ccccc1COc1ccc(C2(C)SCCCS2)cc1. The Labute approximate surface area is 141 Å². The summed E-state index contributed by atoms with van der Waals surface area (Å²) in [5.74, 6) is 3.46. The van der Waals surface area contributed by atoms with Crippen LogP contribution in [0.25, 0.3) is 0 Å². The summed E-state index contributed by atoms with van der Waals surface area (Å²) in [6, 6.07) is 17.0. The maximum atomic E-state index is 5.93. The highest BCUT2D eigenvalue weighted by Crippen LogP contribution is 2.49. The Morgan fingerprint density at radius 2 is 1.68 bits per heavy atom. The van der Waals surface area contributed by atoms with Crippen LogP contribution < -0.4 is 4.74 Å². The lowest BCUT2D eigenvalue weighted by atomic mass is 10.1. The second-order valence-corrected chi connectivity index (χ2v) is 9.02. The van der Waals surface area contributed by atoms with E-state index in [0.29, 0.717) is 6.61 Å². The first-order chi connectivity index (χ1) is 10.7. The summed E-state index contributed by atoms with van der Waals surface area (Å²) in [7, 11) is 0. The molecule has 0 bridgehead atoms. The molecule has 1 aliphatic heterocycles. The van der Waals surface area contributed by atoms with E-state index in [1.54, 1.807) is 0 Å². The Morgan fingerprint density at radius 3 is 2.36 bits per heavy atom. The van der Waals surface area contributed by atoms with Crippen molar-refractivity contribution in [2.24, 2.45) is 0 Å². The van der Waals surface area contributed by atoms with Gasteiger partial charge in [-0.3, -0.25) is 0 Å². The summed E-state index contributed by atoms with van der Waals surface area (Å²) in [5.41, 5.74) is 3.92. The smallest absolute Gasteiger partial charge is 0.119 e. The number of thioether (sulfide) groups is 2. The first-order valence-electron chi connectivity index (χ1n) is 7.73. The minimum absolute atomic E-state index is 0.201. The molecule has 3 rings (SSSR count). The topological polar surface area (TPSA) is 9.23 Å². The van der Waals surface area contributed by atoms with Crippen LogP contribution in [0.5, 0.6) is 5.75 Å². The highest BCUT2D eigenvalue weighted by atomic mass is 32.2. The zero-order chi connectivity index (χ0) is 15.4. The van der Waals surface area contributed by atoms with Crippen LogP contribution in [0, 0.1) is 6.92 Å². The molecular weight excluding hydrogens is 308 g/mol. The second-order valence-electron chi connectivity index (χ2n) is 5.74. The molecular formula is C19H22OS2. The third-order valence-electron chi connectivity index (χ3n) is 4.08. The van der Waals surface area contributed by atoms with Gasteiger partial charge in [0.2, 0.25) is 0 Å². The fourth-order valence-electron chi connectivity index (χ4n) is 2.59. The summed E-state index contributed by atoms with van der Waals surface area (Å²) >= 11 is 4.12. The quantitative estimate of drug-likeness (QED) is 0.720. The fourth-order valence-corrected chi connectivity index (χ4v) is 5.57. The lowest BCUT2D eigenvalue weighted by molar-refractivity contribution is 0.305. The van der Waals surface area contributed by atoms with Crippen molar-refractivity contribution in [3.63, 3.8) is 0 Å². The number of aryl methyl sites for hydroxylation is 1. The standard InChI is InChI=1S/C19H22OS2/c1-15-6-3-4-7-16(15)14-20-18-10-8-17(9-11-18)19(2)21-12-5-13-22-19/h3-4,6-11H,5,12-14H2,1-2H3. The highest BCUT2D eigenvalue weighted by molar-refractivity contribution is 8.18. The van der Waals surface area contributed by atoms with Crippen LogP contribution in [0.3, 0.4) is 0 Å². The maximum absolute atomic E-state index is 5.93. The molecule has 22 heavy (non-hydrogen) atoms. The molecule has 0 spiro atoms. The van der Waals surface area contributed by atoms with Gasteiger partial charge < -0.3 is 4.74 Å². The van der Waals surface area contributed by atoms with Crippen LogP contribution in [-0.4, -0.2) is 11.5 Å². The second kappa shape index (κ2) is 7.01. The summed E-state index contributed by atoms with van der Waals surface area (Å²) in [6.07, 6.45) is 1.32. The largest absolute Gasteiger partial charge is 0.489 e. The Kier molecular flexibility index (Phi) is 5.04. The zero-order valence-electron chi connectivity index (χ0n) is 13.2. The van der Waals surface area contributed by atoms with E-state index in [-0.39, 0.29) is 4.08 Å². The fraction of sp³-hybridized carbons (Fsp3) is 0.368. The van der Waals surface area contributed by atoms with Crippen molar-refractivity contribution in [1.82, 2.24) is 0 Å². The van der Waals surface area contributed by atoms with Crippen LogP contribution in [0.2, 0.25) is 0 Å². The molecule has 1 fully saturated rings. The van der Waals surface area contributed by atoms with Crippen LogP contribution in [0.15, 0.2) is 48.5 Å². The van der Waals surface area contributed by atoms with Crippen molar-refractivity contribution in [2.45, 2.75) is 31.0 Å². The van der Waals surface area contributed by atoms with Gasteiger partial charge in [0.15, 0.2) is 0 Å². The van der Waals surface area contributed by atoms with E-state index in [1.807, 2.05) is 0 Å². The predicted octanol–water partition coefficient (Wildman–Crippen LogP) is 5.62. The van der Waals surface area contributed by atoms with Gasteiger partial charge in [0.1, 0.15) is 12.4 Å². The van der Waals surface area contributed by atoms with Crippen molar-refractivity contribution < 1.29 is 4.74 Å². The van der Waals surface area contributed by atoms with E-state index in [9.17, 15) is 0 Å². The third-order valence-corrected chi connectivity index (χ3v) is 7.34. The Hall–Kier alpha value is -1.06. The molecule has 3 heteroatoms. The zero-order valence-corrected chi connectivity index (χ0v) is 14.8. The molecule has 0 aliphatic carbocycles. The molecule has 0 N–H and O–H groups in total. The van der Waals surface area contributed by atoms with Crippen LogP contribution in [0.1, 0.15) is 30.0 Å². The van der Waals surface area contributed by atoms with Crippen molar-refractivity contribution in [3.05, 3.63) is 65.2 Å². The first kappa shape index (κ1) is 15.8. The molecule has 0 unspecified atom stereocenters. The van der Waals surface area contributed by atoms with Crippen molar-refractivity contribution in [1.29, 1.82) is 0 Å². The van der Waals surface area contributed by atoms with Crippen molar-refractivity contribution in [2.75, 3.05) is 11.5 Å². The average Bonchev–Trinajstić information content (AvgIpc) is 2.55. The van der Waals surface area contributed by atoms with Crippen molar-refractivity contribution >= 4 is 23.5 Å². The van der Waals surface area contributed by atoms with Crippen LogP contribution in [0.4, 0.5) is 0 Å². The molecule has 2 aromatic rings. The molecule has 0 radical (unpaired) electrons. The molecule has 116 valence electrons. The number of hydrogen-bond acceptors (Lipinski definition) is 3. The molecule has 0 amide bonds. The number of rotatable bonds is 4. The van der Waals surface area contributed by atoms with E-state index in [0.717, 1.165) is 5.75 Å². The molecule has 0 aromatic heterocycles. The minimum atomic E-state index is 0.201. The van der Waals surface area contributed by atoms with Gasteiger partial charge in [-0.05, 0) is 60.6 Å². The summed E-state index contributed by atoms with van der Waals surface area (Å²) in [4.78, 5) is 0. The first-order valence-corrected chi connectivity index (χ1v) is 9.70. The molecule has 1 saturated heterocycles. The van der Waals surface area contributed by atoms with Gasteiger partial charge in [-0.15, -0.1) is 23.5 Å². The summed E-state index contributed by atoms with van der Waals surface area (Å²) in [6.45, 7) is 5.09. The van der Waals surface area contributed by atoms with Gasteiger partial charge >= 0.3 is 0 Å². The monoisotopic (exact) mass is 330 g/mol. The van der Waals surface area contributed by atoms with E-state index >= 15 is 0 Å². The van der Waals surface area contributed by atoms with E-state index in [2.05, 4.69) is 85.9 Å². The van der Waals surface area contributed by atoms with Gasteiger partial charge in [0.05, 0.1) is 4.08 Å². The normalized spacial score (nSPS) is 17.2. The third kappa shape index (κ3) is 3.64. The van der Waals surface area contributed by atoms with Crippen LogP contribution in [-0.2, 0) is 10.7 Å². The Balaban J connectivity index is 1.65. The Morgan fingerprint density at radius 1 is 1.00 bits per heavy atom. The maximum Gasteiger partial charge on any atom is 0.119 e. The predicted molar refractivity (Wildman–Crippen MR) is 98.8 cm³/mol. The highest BCUT2D eigenvalue weighted by Gasteiger charge is 2.30. The number of ether oxygens (including phenoxy) is 1. The molecule has 2 aromatic carbocycles. The average molecular weight is 331 g/mol. The van der Waals surface area contributed by atoms with Gasteiger partial charge in [-0.25, -0.2) is 0 Å². The van der Waals surface area contributed by atoms with Gasteiger partial charge in [0, 0.05) is 0 Å². The van der Waals surface area contributed by atoms with E-state index in [1.165, 1.54) is 34.6 Å². The molecule has 1 aliphatic rings. The van der Waals surface area contributed by atoms with E-state index < -0.39 is 0 Å². The number of hydrogen-bond donors (Lipinski definition) is 0. The lowest BCUT2D eigenvalue weighted by Crippen LogP contribution is -2.18. The minimum Gasteiger partial charge on any atom is -0.489 e. The molecule has 0 atom stereocenters. The van der Waals surface area contributed by atoms with Gasteiger partial charge in [-0.1, -0.05) is 36.4 Å². The number of benzene rings is 2. The van der Waals surface area contributed by atoms with Crippen LogP contribution >= 0.6 is 23.5 Å². The summed E-state index contributed by atoms with van der Waals surface area (Å²) in [5, 5.41) is 0. The Bertz CT molecular complexity index is 616. The van der Waals surface area contributed by atoms with Crippen molar-refractivity contribution in [3.8, 4) is 5.75 Å². The molecule has 1 nitrogen and oxygen atoms in total.